The van der Waals surface area contributed by atoms with Crippen LogP contribution in [0.1, 0.15) is 33.6 Å². The molecule has 1 heterocycles. The average Bonchev–Trinajstić information content (AvgIpc) is 2.14. The van der Waals surface area contributed by atoms with Crippen molar-refractivity contribution in [3.63, 3.8) is 0 Å². The Kier molecular flexibility index (Phi) is 4.15. The Morgan fingerprint density at radius 3 is 2.80 bits per heavy atom. The van der Waals surface area contributed by atoms with Crippen molar-refractivity contribution < 1.29 is 9.53 Å². The van der Waals surface area contributed by atoms with E-state index in [4.69, 9.17) is 4.74 Å². The maximum absolute atomic E-state index is 11.3. The Morgan fingerprint density at radius 1 is 1.53 bits per heavy atom. The molecule has 0 bridgehead atoms. The van der Waals surface area contributed by atoms with Crippen LogP contribution in [0.5, 0.6) is 0 Å². The molecule has 0 spiro atoms. The van der Waals surface area contributed by atoms with Gasteiger partial charge in [0.25, 0.3) is 0 Å². The fraction of sp³-hybridized carbons (Fsp3) is 0.727. The number of nitrogens with one attached hydrogen (secondary N) is 2. The summed E-state index contributed by atoms with van der Waals surface area (Å²) in [5.41, 5.74) is 0.778. The third kappa shape index (κ3) is 5.42. The molecule has 1 fully saturated rings. The molecule has 0 aromatic carbocycles. The zero-order valence-electron chi connectivity index (χ0n) is 9.72. The molecular formula is C11H20N2O2. The summed E-state index contributed by atoms with van der Waals surface area (Å²) in [5, 5.41) is 5.89. The molecule has 86 valence electrons. The highest BCUT2D eigenvalue weighted by molar-refractivity contribution is 5.69. The van der Waals surface area contributed by atoms with Gasteiger partial charge in [-0.1, -0.05) is 0 Å². The van der Waals surface area contributed by atoms with Gasteiger partial charge in [-0.15, -0.1) is 0 Å². The normalized spacial score (nSPS) is 20.1. The van der Waals surface area contributed by atoms with Gasteiger partial charge in [-0.05, 0) is 45.7 Å². The van der Waals surface area contributed by atoms with Gasteiger partial charge >= 0.3 is 6.09 Å². The number of carbonyl (C=O) groups is 1. The minimum absolute atomic E-state index is 0.388. The van der Waals surface area contributed by atoms with Crippen LogP contribution in [0, 0.1) is 0 Å². The van der Waals surface area contributed by atoms with E-state index in [1.165, 1.54) is 5.57 Å². The van der Waals surface area contributed by atoms with Gasteiger partial charge in [-0.25, -0.2) is 4.79 Å². The van der Waals surface area contributed by atoms with Gasteiger partial charge in [0.05, 0.1) is 0 Å². The smallest absolute Gasteiger partial charge is 0.411 e. The molecule has 0 atom stereocenters. The Balaban J connectivity index is 2.32. The average molecular weight is 212 g/mol. The van der Waals surface area contributed by atoms with Gasteiger partial charge in [0, 0.05) is 12.7 Å². The standard InChI is InChI=1S/C11H20N2O2/c1-11(2,3)15-10(14)13-8-9-5-4-6-12-7-9/h8,12H,4-7H2,1-3H3,(H,13,14)/b9-8-. The van der Waals surface area contributed by atoms with Gasteiger partial charge < -0.3 is 10.1 Å². The van der Waals surface area contributed by atoms with Crippen LogP contribution in [0.2, 0.25) is 0 Å². The minimum atomic E-state index is -0.437. The highest BCUT2D eigenvalue weighted by atomic mass is 16.6. The first-order valence-corrected chi connectivity index (χ1v) is 5.35. The third-order valence-corrected chi connectivity index (χ3v) is 2.00. The predicted molar refractivity (Wildman–Crippen MR) is 59.6 cm³/mol. The summed E-state index contributed by atoms with van der Waals surface area (Å²) in [4.78, 5) is 11.3. The minimum Gasteiger partial charge on any atom is -0.444 e. The van der Waals surface area contributed by atoms with E-state index in [9.17, 15) is 4.79 Å². The van der Waals surface area contributed by atoms with E-state index in [-0.39, 0.29) is 6.09 Å². The van der Waals surface area contributed by atoms with E-state index in [0.29, 0.717) is 0 Å². The highest BCUT2D eigenvalue weighted by Crippen LogP contribution is 2.08. The van der Waals surface area contributed by atoms with Crippen molar-refractivity contribution in [3.05, 3.63) is 11.8 Å². The van der Waals surface area contributed by atoms with Crippen molar-refractivity contribution in [2.45, 2.75) is 39.2 Å². The fourth-order valence-electron chi connectivity index (χ4n) is 1.37. The maximum atomic E-state index is 11.3. The van der Waals surface area contributed by atoms with Crippen molar-refractivity contribution in [2.24, 2.45) is 0 Å². The number of rotatable bonds is 1. The molecule has 2 N–H and O–H groups in total. The molecule has 1 aliphatic heterocycles. The largest absolute Gasteiger partial charge is 0.444 e. The van der Waals surface area contributed by atoms with Crippen LogP contribution in [-0.2, 0) is 4.74 Å². The molecule has 0 radical (unpaired) electrons. The Labute approximate surface area is 91.1 Å². The molecule has 0 aliphatic carbocycles. The summed E-state index contributed by atoms with van der Waals surface area (Å²) in [6.07, 6.45) is 3.53. The molecule has 0 unspecified atom stereocenters. The number of piperidine rings is 1. The van der Waals surface area contributed by atoms with Crippen LogP contribution < -0.4 is 10.6 Å². The van der Waals surface area contributed by atoms with Crippen LogP contribution in [-0.4, -0.2) is 24.8 Å². The number of carbonyl (C=O) groups excluding carboxylic acids is 1. The van der Waals surface area contributed by atoms with Crippen LogP contribution in [0.3, 0.4) is 0 Å². The zero-order chi connectivity index (χ0) is 11.3. The van der Waals surface area contributed by atoms with Crippen molar-refractivity contribution in [3.8, 4) is 0 Å². The van der Waals surface area contributed by atoms with Crippen molar-refractivity contribution in [1.29, 1.82) is 0 Å². The monoisotopic (exact) mass is 212 g/mol. The predicted octanol–water partition coefficient (Wildman–Crippen LogP) is 1.78. The number of ether oxygens (including phenoxy) is 1. The molecule has 0 saturated carbocycles. The van der Waals surface area contributed by atoms with E-state index in [1.54, 1.807) is 6.20 Å². The molecule has 1 aliphatic rings. The second kappa shape index (κ2) is 5.16. The van der Waals surface area contributed by atoms with Gasteiger partial charge in [-0.2, -0.15) is 0 Å². The summed E-state index contributed by atoms with van der Waals surface area (Å²) in [7, 11) is 0. The molecule has 0 aromatic heterocycles. The molecule has 0 aromatic rings. The van der Waals surface area contributed by atoms with E-state index < -0.39 is 5.60 Å². The van der Waals surface area contributed by atoms with E-state index in [1.807, 2.05) is 20.8 Å². The molecule has 4 heteroatoms. The summed E-state index contributed by atoms with van der Waals surface area (Å²) in [6, 6.07) is 0. The summed E-state index contributed by atoms with van der Waals surface area (Å²) < 4.78 is 5.11. The first-order chi connectivity index (χ1) is 6.97. The summed E-state index contributed by atoms with van der Waals surface area (Å²) in [6.45, 7) is 7.46. The van der Waals surface area contributed by atoms with E-state index in [0.717, 1.165) is 25.9 Å². The van der Waals surface area contributed by atoms with Gasteiger partial charge in [0.1, 0.15) is 5.60 Å². The van der Waals surface area contributed by atoms with Crippen LogP contribution >= 0.6 is 0 Å². The molecule has 15 heavy (non-hydrogen) atoms. The summed E-state index contributed by atoms with van der Waals surface area (Å²) in [5.74, 6) is 0. The number of hydrogen-bond acceptors (Lipinski definition) is 3. The van der Waals surface area contributed by atoms with Crippen LogP contribution in [0.25, 0.3) is 0 Å². The first kappa shape index (κ1) is 12.0. The van der Waals surface area contributed by atoms with Gasteiger partial charge in [0.15, 0.2) is 0 Å². The molecule has 1 saturated heterocycles. The lowest BCUT2D eigenvalue weighted by Gasteiger charge is -2.20. The van der Waals surface area contributed by atoms with Crippen molar-refractivity contribution in [2.75, 3.05) is 13.1 Å². The van der Waals surface area contributed by atoms with Crippen LogP contribution in [0.15, 0.2) is 11.8 Å². The Hall–Kier alpha value is -1.03. The number of amides is 1. The second-order valence-corrected chi connectivity index (χ2v) is 4.73. The lowest BCUT2D eigenvalue weighted by atomic mass is 10.1. The maximum Gasteiger partial charge on any atom is 0.411 e. The van der Waals surface area contributed by atoms with Gasteiger partial charge in [0.2, 0.25) is 0 Å². The summed E-state index contributed by atoms with van der Waals surface area (Å²) >= 11 is 0. The quantitative estimate of drug-likeness (QED) is 0.696. The van der Waals surface area contributed by atoms with E-state index in [2.05, 4.69) is 10.6 Å². The zero-order valence-corrected chi connectivity index (χ0v) is 9.72. The van der Waals surface area contributed by atoms with Gasteiger partial charge in [-0.3, -0.25) is 5.32 Å². The lowest BCUT2D eigenvalue weighted by molar-refractivity contribution is 0.0551. The molecule has 1 rings (SSSR count). The first-order valence-electron chi connectivity index (χ1n) is 5.35. The fourth-order valence-corrected chi connectivity index (χ4v) is 1.37. The van der Waals surface area contributed by atoms with E-state index >= 15 is 0 Å². The van der Waals surface area contributed by atoms with Crippen LogP contribution in [0.4, 0.5) is 4.79 Å². The highest BCUT2D eigenvalue weighted by Gasteiger charge is 2.15. The second-order valence-electron chi connectivity index (χ2n) is 4.73. The third-order valence-electron chi connectivity index (χ3n) is 2.00. The molecule has 4 nitrogen and oxygen atoms in total. The Bertz CT molecular complexity index is 246. The molecule has 1 amide bonds. The Morgan fingerprint density at radius 2 is 2.27 bits per heavy atom. The number of hydrogen-bond donors (Lipinski definition) is 2. The molecular weight excluding hydrogens is 192 g/mol. The topological polar surface area (TPSA) is 50.4 Å². The SMILES string of the molecule is CC(C)(C)OC(=O)N/C=C1/CCCNC1. The number of alkyl carbamates (subject to hydrolysis) is 1. The lowest BCUT2D eigenvalue weighted by Crippen LogP contribution is -2.31. The van der Waals surface area contributed by atoms with Crippen molar-refractivity contribution in [1.82, 2.24) is 10.6 Å². The van der Waals surface area contributed by atoms with Crippen molar-refractivity contribution >= 4 is 6.09 Å².